The number of para-hydroxylation sites is 1. The third kappa shape index (κ3) is 4.99. The highest BCUT2D eigenvalue weighted by Gasteiger charge is 2.19. The van der Waals surface area contributed by atoms with E-state index in [1.54, 1.807) is 0 Å². The number of hydrogen-bond donors (Lipinski definition) is 1. The maximum atomic E-state index is 11.2. The van der Waals surface area contributed by atoms with Crippen molar-refractivity contribution in [2.45, 2.75) is 25.4 Å². The van der Waals surface area contributed by atoms with Crippen molar-refractivity contribution in [1.82, 2.24) is 4.90 Å². The summed E-state index contributed by atoms with van der Waals surface area (Å²) in [6.45, 7) is 6.03. The second-order valence-corrected chi connectivity index (χ2v) is 5.40. The standard InChI is InChI=1S/C17H23NO3/c1-2-5-14-6-3-4-7-17(14)21-13-16(20)12-18-10-8-15(19)9-11-18/h2-4,6-7,16,20H,1,5,8-13H2. The minimum Gasteiger partial charge on any atom is -0.491 e. The number of benzene rings is 1. The molecule has 1 aliphatic rings. The molecule has 0 aromatic heterocycles. The molecule has 4 heteroatoms. The highest BCUT2D eigenvalue weighted by molar-refractivity contribution is 5.79. The number of ether oxygens (including phenoxy) is 1. The molecule has 1 aliphatic heterocycles. The van der Waals surface area contributed by atoms with Crippen LogP contribution >= 0.6 is 0 Å². The van der Waals surface area contributed by atoms with Crippen LogP contribution in [0.3, 0.4) is 0 Å². The van der Waals surface area contributed by atoms with Gasteiger partial charge in [-0.3, -0.25) is 9.69 Å². The molecule has 114 valence electrons. The summed E-state index contributed by atoms with van der Waals surface area (Å²) < 4.78 is 5.72. The number of aliphatic hydroxyl groups excluding tert-OH is 1. The third-order valence-electron chi connectivity index (χ3n) is 3.65. The van der Waals surface area contributed by atoms with Crippen molar-refractivity contribution in [1.29, 1.82) is 0 Å². The summed E-state index contributed by atoms with van der Waals surface area (Å²) in [6, 6.07) is 7.79. The molecule has 0 bridgehead atoms. The first-order chi connectivity index (χ1) is 10.2. The number of piperidine rings is 1. The predicted octanol–water partition coefficient (Wildman–Crippen LogP) is 1.82. The van der Waals surface area contributed by atoms with E-state index < -0.39 is 6.10 Å². The van der Waals surface area contributed by atoms with Crippen molar-refractivity contribution < 1.29 is 14.6 Å². The molecular formula is C17H23NO3. The average Bonchev–Trinajstić information content (AvgIpc) is 2.49. The molecule has 1 unspecified atom stereocenters. The van der Waals surface area contributed by atoms with Crippen molar-refractivity contribution in [3.63, 3.8) is 0 Å². The lowest BCUT2D eigenvalue weighted by atomic mass is 10.1. The lowest BCUT2D eigenvalue weighted by Gasteiger charge is -2.27. The number of likely N-dealkylation sites (tertiary alicyclic amines) is 1. The minimum absolute atomic E-state index is 0.263. The van der Waals surface area contributed by atoms with Gasteiger partial charge in [-0.1, -0.05) is 24.3 Å². The Bertz CT molecular complexity index is 477. The molecule has 1 heterocycles. The number of aliphatic hydroxyl groups is 1. The van der Waals surface area contributed by atoms with Crippen LogP contribution in [0.25, 0.3) is 0 Å². The number of ketones is 1. The molecule has 1 N–H and O–H groups in total. The lowest BCUT2D eigenvalue weighted by molar-refractivity contribution is -0.121. The first kappa shape index (κ1) is 15.7. The Balaban J connectivity index is 1.79. The number of hydrogen-bond acceptors (Lipinski definition) is 4. The molecule has 0 saturated carbocycles. The number of rotatable bonds is 7. The first-order valence-corrected chi connectivity index (χ1v) is 7.42. The summed E-state index contributed by atoms with van der Waals surface area (Å²) in [4.78, 5) is 13.3. The van der Waals surface area contributed by atoms with E-state index in [1.807, 2.05) is 30.3 Å². The van der Waals surface area contributed by atoms with E-state index in [1.165, 1.54) is 0 Å². The Morgan fingerprint density at radius 1 is 1.33 bits per heavy atom. The van der Waals surface area contributed by atoms with Gasteiger partial charge in [-0.15, -0.1) is 6.58 Å². The Morgan fingerprint density at radius 2 is 2.05 bits per heavy atom. The van der Waals surface area contributed by atoms with E-state index in [4.69, 9.17) is 4.74 Å². The highest BCUT2D eigenvalue weighted by Crippen LogP contribution is 2.19. The van der Waals surface area contributed by atoms with Crippen LogP contribution in [0.15, 0.2) is 36.9 Å². The summed E-state index contributed by atoms with van der Waals surface area (Å²) >= 11 is 0. The maximum Gasteiger partial charge on any atom is 0.135 e. The molecule has 2 rings (SSSR count). The van der Waals surface area contributed by atoms with Crippen LogP contribution in [-0.2, 0) is 11.2 Å². The normalized spacial score (nSPS) is 17.5. The maximum absolute atomic E-state index is 11.2. The number of carbonyl (C=O) groups is 1. The fraction of sp³-hybridized carbons (Fsp3) is 0.471. The second-order valence-electron chi connectivity index (χ2n) is 5.40. The van der Waals surface area contributed by atoms with Crippen LogP contribution in [0, 0.1) is 0 Å². The van der Waals surface area contributed by atoms with Gasteiger partial charge < -0.3 is 9.84 Å². The predicted molar refractivity (Wildman–Crippen MR) is 82.5 cm³/mol. The molecule has 1 aromatic carbocycles. The number of β-amino-alcohol motifs (C(OH)–C–C–N with tert-alkyl or cyclic N) is 1. The minimum atomic E-state index is -0.546. The summed E-state index contributed by atoms with van der Waals surface area (Å²) in [5, 5.41) is 10.1. The van der Waals surface area contributed by atoms with Crippen molar-refractivity contribution in [2.75, 3.05) is 26.2 Å². The van der Waals surface area contributed by atoms with E-state index in [-0.39, 0.29) is 6.61 Å². The van der Waals surface area contributed by atoms with Crippen LogP contribution in [0.2, 0.25) is 0 Å². The Morgan fingerprint density at radius 3 is 2.76 bits per heavy atom. The number of nitrogens with zero attached hydrogens (tertiary/aromatic N) is 1. The zero-order valence-electron chi connectivity index (χ0n) is 12.3. The molecule has 0 radical (unpaired) electrons. The monoisotopic (exact) mass is 289 g/mol. The fourth-order valence-electron chi connectivity index (χ4n) is 2.49. The largest absolute Gasteiger partial charge is 0.491 e. The van der Waals surface area contributed by atoms with Gasteiger partial charge in [-0.25, -0.2) is 0 Å². The molecule has 21 heavy (non-hydrogen) atoms. The molecule has 0 spiro atoms. The van der Waals surface area contributed by atoms with Gasteiger partial charge in [0.05, 0.1) is 0 Å². The zero-order valence-corrected chi connectivity index (χ0v) is 12.3. The van der Waals surface area contributed by atoms with E-state index >= 15 is 0 Å². The first-order valence-electron chi connectivity index (χ1n) is 7.42. The molecule has 0 amide bonds. The summed E-state index contributed by atoms with van der Waals surface area (Å²) in [7, 11) is 0. The van der Waals surface area contributed by atoms with Crippen LogP contribution < -0.4 is 4.74 Å². The number of carbonyl (C=O) groups excluding carboxylic acids is 1. The molecule has 1 atom stereocenters. The van der Waals surface area contributed by atoms with E-state index in [0.29, 0.717) is 25.2 Å². The molecule has 1 fully saturated rings. The highest BCUT2D eigenvalue weighted by atomic mass is 16.5. The summed E-state index contributed by atoms with van der Waals surface area (Å²) in [5.41, 5.74) is 1.07. The van der Waals surface area contributed by atoms with Gasteiger partial charge >= 0.3 is 0 Å². The third-order valence-corrected chi connectivity index (χ3v) is 3.65. The van der Waals surface area contributed by atoms with Gasteiger partial charge in [0.1, 0.15) is 24.2 Å². The molecule has 0 aliphatic carbocycles. The van der Waals surface area contributed by atoms with Crippen molar-refractivity contribution >= 4 is 5.78 Å². The van der Waals surface area contributed by atoms with Crippen molar-refractivity contribution in [3.8, 4) is 5.75 Å². The Kier molecular flexibility index (Phi) is 5.96. The van der Waals surface area contributed by atoms with Gasteiger partial charge in [0, 0.05) is 32.5 Å². The topological polar surface area (TPSA) is 49.8 Å². The van der Waals surface area contributed by atoms with Gasteiger partial charge in [0.15, 0.2) is 0 Å². The van der Waals surface area contributed by atoms with Crippen molar-refractivity contribution in [3.05, 3.63) is 42.5 Å². The average molecular weight is 289 g/mol. The van der Waals surface area contributed by atoms with E-state index in [0.717, 1.165) is 30.8 Å². The van der Waals surface area contributed by atoms with Crippen LogP contribution in [0.5, 0.6) is 5.75 Å². The van der Waals surface area contributed by atoms with E-state index in [9.17, 15) is 9.90 Å². The summed E-state index contributed by atoms with van der Waals surface area (Å²) in [5.74, 6) is 1.11. The van der Waals surface area contributed by atoms with Gasteiger partial charge in [-0.05, 0) is 18.1 Å². The quantitative estimate of drug-likeness (QED) is 0.778. The molecule has 1 saturated heterocycles. The Hall–Kier alpha value is -1.65. The summed E-state index contributed by atoms with van der Waals surface area (Å²) in [6.07, 6.45) is 3.23. The fourth-order valence-corrected chi connectivity index (χ4v) is 2.49. The Labute approximate surface area is 126 Å². The molecule has 1 aromatic rings. The lowest BCUT2D eigenvalue weighted by Crippen LogP contribution is -2.40. The van der Waals surface area contributed by atoms with Crippen LogP contribution in [0.4, 0.5) is 0 Å². The molecule has 4 nitrogen and oxygen atoms in total. The van der Waals surface area contributed by atoms with Crippen LogP contribution in [0.1, 0.15) is 18.4 Å². The number of Topliss-reactive ketones (excluding diaryl/α,β-unsaturated/α-hetero) is 1. The van der Waals surface area contributed by atoms with Crippen molar-refractivity contribution in [2.24, 2.45) is 0 Å². The smallest absolute Gasteiger partial charge is 0.135 e. The number of allylic oxidation sites excluding steroid dienone is 1. The van der Waals surface area contributed by atoms with E-state index in [2.05, 4.69) is 11.5 Å². The zero-order chi connectivity index (χ0) is 15.1. The second kappa shape index (κ2) is 7.96. The van der Waals surface area contributed by atoms with Crippen LogP contribution in [-0.4, -0.2) is 48.1 Å². The van der Waals surface area contributed by atoms with Gasteiger partial charge in [-0.2, -0.15) is 0 Å². The molecular weight excluding hydrogens is 266 g/mol. The van der Waals surface area contributed by atoms with Gasteiger partial charge in [0.25, 0.3) is 0 Å². The SMILES string of the molecule is C=CCc1ccccc1OCC(O)CN1CCC(=O)CC1. The van der Waals surface area contributed by atoms with Gasteiger partial charge in [0.2, 0.25) is 0 Å².